The molecule has 134 valence electrons. The molecule has 0 amide bonds. The normalized spacial score (nSPS) is 18.4. The standard InChI is InChI=1S/C18H21ClN2O3S/c1-20-12-14-9-10-21(13-14)25(22,23)18-7-5-16(6-8-18)24-17-4-2-3-15(19)11-17/h2-8,11,14,20H,9-10,12-13H2,1H3. The molecule has 0 aliphatic carbocycles. The van der Waals surface area contributed by atoms with Gasteiger partial charge in [-0.25, -0.2) is 8.42 Å². The van der Waals surface area contributed by atoms with E-state index in [1.54, 1.807) is 52.8 Å². The van der Waals surface area contributed by atoms with Crippen molar-refractivity contribution in [3.8, 4) is 11.5 Å². The Bertz CT molecular complexity index is 824. The molecule has 0 bridgehead atoms. The van der Waals surface area contributed by atoms with Crippen molar-refractivity contribution < 1.29 is 13.2 Å². The van der Waals surface area contributed by atoms with Gasteiger partial charge in [0.2, 0.25) is 10.0 Å². The van der Waals surface area contributed by atoms with E-state index in [4.69, 9.17) is 16.3 Å². The Labute approximate surface area is 153 Å². The summed E-state index contributed by atoms with van der Waals surface area (Å²) in [6.45, 7) is 1.96. The van der Waals surface area contributed by atoms with Crippen LogP contribution in [0.15, 0.2) is 53.4 Å². The number of ether oxygens (including phenoxy) is 1. The molecular weight excluding hydrogens is 360 g/mol. The number of rotatable bonds is 6. The van der Waals surface area contributed by atoms with Gasteiger partial charge < -0.3 is 10.1 Å². The van der Waals surface area contributed by atoms with Gasteiger partial charge in [-0.05, 0) is 68.4 Å². The van der Waals surface area contributed by atoms with Gasteiger partial charge in [0, 0.05) is 18.1 Å². The van der Waals surface area contributed by atoms with Gasteiger partial charge >= 0.3 is 0 Å². The molecule has 1 fully saturated rings. The van der Waals surface area contributed by atoms with E-state index in [1.165, 1.54) is 0 Å². The zero-order valence-corrected chi connectivity index (χ0v) is 15.6. The first-order valence-corrected chi connectivity index (χ1v) is 9.99. The van der Waals surface area contributed by atoms with Crippen molar-refractivity contribution in [1.29, 1.82) is 0 Å². The Morgan fingerprint density at radius 2 is 1.96 bits per heavy atom. The third kappa shape index (κ3) is 4.33. The highest BCUT2D eigenvalue weighted by Crippen LogP contribution is 2.28. The predicted molar refractivity (Wildman–Crippen MR) is 98.8 cm³/mol. The lowest BCUT2D eigenvalue weighted by Crippen LogP contribution is -2.30. The van der Waals surface area contributed by atoms with Crippen LogP contribution < -0.4 is 10.1 Å². The number of hydrogen-bond donors (Lipinski definition) is 1. The van der Waals surface area contributed by atoms with Crippen molar-refractivity contribution in [1.82, 2.24) is 9.62 Å². The second-order valence-corrected chi connectivity index (χ2v) is 8.48. The molecule has 1 aliphatic rings. The first kappa shape index (κ1) is 18.2. The van der Waals surface area contributed by atoms with E-state index >= 15 is 0 Å². The molecule has 5 nitrogen and oxygen atoms in total. The van der Waals surface area contributed by atoms with Crippen molar-refractivity contribution in [2.24, 2.45) is 5.92 Å². The Hall–Kier alpha value is -1.60. The van der Waals surface area contributed by atoms with E-state index in [0.717, 1.165) is 13.0 Å². The highest BCUT2D eigenvalue weighted by molar-refractivity contribution is 7.89. The van der Waals surface area contributed by atoms with E-state index in [-0.39, 0.29) is 4.90 Å². The Balaban J connectivity index is 1.71. The quantitative estimate of drug-likeness (QED) is 0.834. The zero-order valence-electron chi connectivity index (χ0n) is 14.0. The lowest BCUT2D eigenvalue weighted by Gasteiger charge is -2.17. The molecule has 2 aromatic rings. The maximum atomic E-state index is 12.7. The number of hydrogen-bond acceptors (Lipinski definition) is 4. The van der Waals surface area contributed by atoms with Gasteiger partial charge in [0.15, 0.2) is 0 Å². The Morgan fingerprint density at radius 3 is 2.64 bits per heavy atom. The van der Waals surface area contributed by atoms with Gasteiger partial charge in [-0.15, -0.1) is 0 Å². The van der Waals surface area contributed by atoms with Crippen LogP contribution in [-0.2, 0) is 10.0 Å². The molecule has 7 heteroatoms. The second kappa shape index (κ2) is 7.74. The van der Waals surface area contributed by atoms with Crippen LogP contribution in [0.25, 0.3) is 0 Å². The average Bonchev–Trinajstić information content (AvgIpc) is 3.05. The van der Waals surface area contributed by atoms with Crippen LogP contribution in [-0.4, -0.2) is 39.4 Å². The summed E-state index contributed by atoms with van der Waals surface area (Å²) in [6, 6.07) is 13.6. The number of nitrogens with zero attached hydrogens (tertiary/aromatic N) is 1. The number of sulfonamides is 1. The topological polar surface area (TPSA) is 58.6 Å². The summed E-state index contributed by atoms with van der Waals surface area (Å²) in [7, 11) is -1.57. The van der Waals surface area contributed by atoms with E-state index in [2.05, 4.69) is 5.32 Å². The zero-order chi connectivity index (χ0) is 17.9. The summed E-state index contributed by atoms with van der Waals surface area (Å²) in [6.07, 6.45) is 0.885. The van der Waals surface area contributed by atoms with Crippen LogP contribution in [0.2, 0.25) is 5.02 Å². The van der Waals surface area contributed by atoms with Crippen molar-refractivity contribution in [2.45, 2.75) is 11.3 Å². The van der Waals surface area contributed by atoms with Crippen LogP contribution in [0.1, 0.15) is 6.42 Å². The molecule has 1 atom stereocenters. The van der Waals surface area contributed by atoms with Crippen LogP contribution in [0, 0.1) is 5.92 Å². The van der Waals surface area contributed by atoms with E-state index in [0.29, 0.717) is 35.5 Å². The molecule has 1 saturated heterocycles. The molecule has 1 heterocycles. The minimum atomic E-state index is -3.46. The van der Waals surface area contributed by atoms with Crippen LogP contribution in [0.4, 0.5) is 0 Å². The maximum absolute atomic E-state index is 12.7. The Kier molecular flexibility index (Phi) is 5.64. The molecule has 0 aromatic heterocycles. The maximum Gasteiger partial charge on any atom is 0.243 e. The molecule has 0 spiro atoms. The minimum Gasteiger partial charge on any atom is -0.457 e. The average molecular weight is 381 g/mol. The summed E-state index contributed by atoms with van der Waals surface area (Å²) in [4.78, 5) is 0.288. The van der Waals surface area contributed by atoms with Gasteiger partial charge in [-0.1, -0.05) is 17.7 Å². The van der Waals surface area contributed by atoms with Crippen molar-refractivity contribution >= 4 is 21.6 Å². The lowest BCUT2D eigenvalue weighted by molar-refractivity contribution is 0.451. The molecule has 1 aliphatic heterocycles. The fraction of sp³-hybridized carbons (Fsp3) is 0.333. The summed E-state index contributed by atoms with van der Waals surface area (Å²) in [5.74, 6) is 1.54. The lowest BCUT2D eigenvalue weighted by atomic mass is 10.1. The van der Waals surface area contributed by atoms with Gasteiger partial charge in [-0.3, -0.25) is 0 Å². The fourth-order valence-electron chi connectivity index (χ4n) is 2.97. The molecule has 2 aromatic carbocycles. The molecule has 3 rings (SSSR count). The van der Waals surface area contributed by atoms with E-state index in [1.807, 2.05) is 7.05 Å². The molecule has 0 radical (unpaired) electrons. The summed E-state index contributed by atoms with van der Waals surface area (Å²) in [5.41, 5.74) is 0. The first-order chi connectivity index (χ1) is 12.0. The van der Waals surface area contributed by atoms with Gasteiger partial charge in [-0.2, -0.15) is 4.31 Å². The summed E-state index contributed by atoms with van der Waals surface area (Å²) in [5, 5.41) is 3.69. The number of nitrogens with one attached hydrogen (secondary N) is 1. The number of benzene rings is 2. The van der Waals surface area contributed by atoms with Crippen LogP contribution in [0.3, 0.4) is 0 Å². The Morgan fingerprint density at radius 1 is 1.20 bits per heavy atom. The van der Waals surface area contributed by atoms with Gasteiger partial charge in [0.25, 0.3) is 0 Å². The third-order valence-electron chi connectivity index (χ3n) is 4.23. The third-order valence-corrected chi connectivity index (χ3v) is 6.35. The molecular formula is C18H21ClN2O3S. The largest absolute Gasteiger partial charge is 0.457 e. The van der Waals surface area contributed by atoms with Crippen molar-refractivity contribution in [3.63, 3.8) is 0 Å². The van der Waals surface area contributed by atoms with Gasteiger partial charge in [0.05, 0.1) is 4.90 Å². The summed E-state index contributed by atoms with van der Waals surface area (Å²) < 4.78 is 32.7. The van der Waals surface area contributed by atoms with Gasteiger partial charge in [0.1, 0.15) is 11.5 Å². The molecule has 0 saturated carbocycles. The molecule has 1 unspecified atom stereocenters. The van der Waals surface area contributed by atoms with Crippen LogP contribution >= 0.6 is 11.6 Å². The second-order valence-electron chi connectivity index (χ2n) is 6.11. The predicted octanol–water partition coefficient (Wildman–Crippen LogP) is 3.36. The summed E-state index contributed by atoms with van der Waals surface area (Å²) >= 11 is 5.93. The van der Waals surface area contributed by atoms with Crippen molar-refractivity contribution in [3.05, 3.63) is 53.6 Å². The van der Waals surface area contributed by atoms with Crippen molar-refractivity contribution in [2.75, 3.05) is 26.7 Å². The van der Waals surface area contributed by atoms with E-state index < -0.39 is 10.0 Å². The molecule has 1 N–H and O–H groups in total. The fourth-order valence-corrected chi connectivity index (χ4v) is 4.68. The molecule has 25 heavy (non-hydrogen) atoms. The minimum absolute atomic E-state index is 0.288. The number of halogens is 1. The van der Waals surface area contributed by atoms with Crippen LogP contribution in [0.5, 0.6) is 11.5 Å². The highest BCUT2D eigenvalue weighted by Gasteiger charge is 2.32. The SMILES string of the molecule is CNCC1CCN(S(=O)(=O)c2ccc(Oc3cccc(Cl)c3)cc2)C1. The monoisotopic (exact) mass is 380 g/mol. The smallest absolute Gasteiger partial charge is 0.243 e. The van der Waals surface area contributed by atoms with E-state index in [9.17, 15) is 8.42 Å². The highest BCUT2D eigenvalue weighted by atomic mass is 35.5. The first-order valence-electron chi connectivity index (χ1n) is 8.17.